The third-order valence-electron chi connectivity index (χ3n) is 1.10. The number of rotatable bonds is 4. The summed E-state index contributed by atoms with van der Waals surface area (Å²) in [5.74, 6) is 0.974. The molecule has 3 nitrogen and oxygen atoms in total. The maximum atomic E-state index is 4.03. The SMILES string of the molecule is CNCc1nnc(CSC)s1. The van der Waals surface area contributed by atoms with Gasteiger partial charge < -0.3 is 5.32 Å². The highest BCUT2D eigenvalue weighted by molar-refractivity contribution is 7.97. The smallest absolute Gasteiger partial charge is 0.131 e. The molecule has 62 valence electrons. The molecule has 0 unspecified atom stereocenters. The minimum Gasteiger partial charge on any atom is -0.313 e. The second-order valence-electron chi connectivity index (χ2n) is 2.05. The quantitative estimate of drug-likeness (QED) is 0.770. The van der Waals surface area contributed by atoms with E-state index in [1.807, 2.05) is 7.05 Å². The molecule has 0 amide bonds. The zero-order valence-corrected chi connectivity index (χ0v) is 8.26. The molecule has 0 aromatic carbocycles. The van der Waals surface area contributed by atoms with E-state index in [1.54, 1.807) is 23.1 Å². The van der Waals surface area contributed by atoms with Crippen LogP contribution in [0.5, 0.6) is 0 Å². The summed E-state index contributed by atoms with van der Waals surface area (Å²) in [6.45, 7) is 0.825. The molecule has 1 aromatic heterocycles. The lowest BCUT2D eigenvalue weighted by molar-refractivity contribution is 0.792. The summed E-state index contributed by atoms with van der Waals surface area (Å²) in [5.41, 5.74) is 0. The minimum atomic E-state index is 0.825. The van der Waals surface area contributed by atoms with Crippen molar-refractivity contribution in [3.63, 3.8) is 0 Å². The van der Waals surface area contributed by atoms with Gasteiger partial charge in [-0.2, -0.15) is 11.8 Å². The Kier molecular flexibility index (Phi) is 3.82. The molecule has 5 heteroatoms. The van der Waals surface area contributed by atoms with E-state index in [4.69, 9.17) is 0 Å². The van der Waals surface area contributed by atoms with Crippen molar-refractivity contribution >= 4 is 23.1 Å². The lowest BCUT2D eigenvalue weighted by Gasteiger charge is -1.88. The van der Waals surface area contributed by atoms with Gasteiger partial charge in [0.2, 0.25) is 0 Å². The topological polar surface area (TPSA) is 37.8 Å². The van der Waals surface area contributed by atoms with Crippen LogP contribution in [0.3, 0.4) is 0 Å². The van der Waals surface area contributed by atoms with Crippen LogP contribution in [0.25, 0.3) is 0 Å². The molecule has 0 saturated heterocycles. The highest BCUT2D eigenvalue weighted by atomic mass is 32.2. The van der Waals surface area contributed by atoms with Crippen molar-refractivity contribution in [1.29, 1.82) is 0 Å². The third kappa shape index (κ3) is 2.76. The van der Waals surface area contributed by atoms with E-state index >= 15 is 0 Å². The third-order valence-corrected chi connectivity index (χ3v) is 2.77. The Morgan fingerprint density at radius 2 is 2.18 bits per heavy atom. The Bertz CT molecular complexity index is 191. The van der Waals surface area contributed by atoms with Gasteiger partial charge in [-0.1, -0.05) is 11.3 Å². The van der Waals surface area contributed by atoms with Crippen LogP contribution in [-0.2, 0) is 12.3 Å². The van der Waals surface area contributed by atoms with Crippen molar-refractivity contribution in [2.75, 3.05) is 13.3 Å². The lowest BCUT2D eigenvalue weighted by Crippen LogP contribution is -2.04. The molecule has 0 spiro atoms. The highest BCUT2D eigenvalue weighted by Crippen LogP contribution is 2.14. The Labute approximate surface area is 74.6 Å². The summed E-state index contributed by atoms with van der Waals surface area (Å²) in [7, 11) is 1.91. The molecule has 0 bridgehead atoms. The summed E-state index contributed by atoms with van der Waals surface area (Å²) < 4.78 is 0. The largest absolute Gasteiger partial charge is 0.313 e. The second kappa shape index (κ2) is 4.69. The van der Waals surface area contributed by atoms with Crippen LogP contribution in [0.15, 0.2) is 0 Å². The number of nitrogens with one attached hydrogen (secondary N) is 1. The summed E-state index contributed by atoms with van der Waals surface area (Å²) in [6.07, 6.45) is 2.07. The standard InChI is InChI=1S/C6H11N3S2/c1-7-3-5-8-9-6(11-5)4-10-2/h7H,3-4H2,1-2H3. The molecule has 0 radical (unpaired) electrons. The first-order chi connectivity index (χ1) is 5.36. The van der Waals surface area contributed by atoms with Gasteiger partial charge in [-0.3, -0.25) is 0 Å². The zero-order chi connectivity index (χ0) is 8.10. The maximum Gasteiger partial charge on any atom is 0.131 e. The van der Waals surface area contributed by atoms with Crippen LogP contribution >= 0.6 is 23.1 Å². The second-order valence-corrected chi connectivity index (χ2v) is 4.07. The van der Waals surface area contributed by atoms with Crippen molar-refractivity contribution in [3.05, 3.63) is 10.0 Å². The Morgan fingerprint density at radius 1 is 1.45 bits per heavy atom. The molecule has 1 aromatic rings. The van der Waals surface area contributed by atoms with Gasteiger partial charge in [0.15, 0.2) is 0 Å². The molecule has 0 atom stereocenters. The van der Waals surface area contributed by atoms with E-state index in [-0.39, 0.29) is 0 Å². The fraction of sp³-hybridized carbons (Fsp3) is 0.667. The molecular formula is C6H11N3S2. The molecule has 0 aliphatic carbocycles. The van der Waals surface area contributed by atoms with Crippen molar-refractivity contribution in [2.24, 2.45) is 0 Å². The summed E-state index contributed by atoms with van der Waals surface area (Å²) in [6, 6.07) is 0. The summed E-state index contributed by atoms with van der Waals surface area (Å²) in [5, 5.41) is 13.3. The number of hydrogen-bond acceptors (Lipinski definition) is 5. The predicted octanol–water partition coefficient (Wildman–Crippen LogP) is 1.12. The number of hydrogen-bond donors (Lipinski definition) is 1. The average Bonchev–Trinajstić information content (AvgIpc) is 2.38. The maximum absolute atomic E-state index is 4.03. The van der Waals surface area contributed by atoms with Crippen LogP contribution in [-0.4, -0.2) is 23.5 Å². The zero-order valence-electron chi connectivity index (χ0n) is 6.63. The van der Waals surface area contributed by atoms with Crippen molar-refractivity contribution < 1.29 is 0 Å². The van der Waals surface area contributed by atoms with Gasteiger partial charge in [0, 0.05) is 12.3 Å². The molecule has 0 aliphatic rings. The first-order valence-electron chi connectivity index (χ1n) is 3.31. The van der Waals surface area contributed by atoms with Gasteiger partial charge in [0.25, 0.3) is 0 Å². The van der Waals surface area contributed by atoms with Gasteiger partial charge in [-0.05, 0) is 13.3 Å². The number of thioether (sulfide) groups is 1. The summed E-state index contributed by atoms with van der Waals surface area (Å²) in [4.78, 5) is 0. The van der Waals surface area contributed by atoms with Crippen LogP contribution < -0.4 is 5.32 Å². The van der Waals surface area contributed by atoms with Gasteiger partial charge in [0.1, 0.15) is 10.0 Å². The molecule has 0 fully saturated rings. The molecule has 1 rings (SSSR count). The fourth-order valence-corrected chi connectivity index (χ4v) is 2.24. The molecule has 11 heavy (non-hydrogen) atoms. The lowest BCUT2D eigenvalue weighted by atomic mass is 10.7. The molecular weight excluding hydrogens is 178 g/mol. The van der Waals surface area contributed by atoms with Crippen molar-refractivity contribution in [2.45, 2.75) is 12.3 Å². The van der Waals surface area contributed by atoms with Crippen LogP contribution in [0.4, 0.5) is 0 Å². The monoisotopic (exact) mass is 189 g/mol. The van der Waals surface area contributed by atoms with Crippen molar-refractivity contribution in [3.8, 4) is 0 Å². The van der Waals surface area contributed by atoms with E-state index in [1.165, 1.54) is 0 Å². The molecule has 0 saturated carbocycles. The van der Waals surface area contributed by atoms with Crippen LogP contribution in [0.2, 0.25) is 0 Å². The number of aromatic nitrogens is 2. The number of nitrogens with zero attached hydrogens (tertiary/aromatic N) is 2. The average molecular weight is 189 g/mol. The van der Waals surface area contributed by atoms with Gasteiger partial charge in [-0.15, -0.1) is 10.2 Å². The van der Waals surface area contributed by atoms with E-state index < -0.39 is 0 Å². The predicted molar refractivity (Wildman–Crippen MR) is 49.9 cm³/mol. The Hall–Kier alpha value is -0.130. The van der Waals surface area contributed by atoms with Crippen molar-refractivity contribution in [1.82, 2.24) is 15.5 Å². The molecule has 0 aliphatic heterocycles. The van der Waals surface area contributed by atoms with E-state index in [2.05, 4.69) is 21.8 Å². The highest BCUT2D eigenvalue weighted by Gasteiger charge is 2.00. The van der Waals surface area contributed by atoms with Gasteiger partial charge in [0.05, 0.1) is 0 Å². The van der Waals surface area contributed by atoms with E-state index in [9.17, 15) is 0 Å². The normalized spacial score (nSPS) is 10.4. The Balaban J connectivity index is 2.51. The van der Waals surface area contributed by atoms with E-state index in [0.29, 0.717) is 0 Å². The fourth-order valence-electron chi connectivity index (χ4n) is 0.693. The molecule has 1 N–H and O–H groups in total. The molecule has 1 heterocycles. The summed E-state index contributed by atoms with van der Waals surface area (Å²) >= 11 is 3.45. The first-order valence-corrected chi connectivity index (χ1v) is 5.52. The minimum absolute atomic E-state index is 0.825. The first kappa shape index (κ1) is 8.96. The van der Waals surface area contributed by atoms with Crippen LogP contribution in [0.1, 0.15) is 10.0 Å². The van der Waals surface area contributed by atoms with Gasteiger partial charge >= 0.3 is 0 Å². The van der Waals surface area contributed by atoms with Gasteiger partial charge in [-0.25, -0.2) is 0 Å². The Morgan fingerprint density at radius 3 is 2.82 bits per heavy atom. The van der Waals surface area contributed by atoms with Crippen LogP contribution in [0, 0.1) is 0 Å². The van der Waals surface area contributed by atoms with E-state index in [0.717, 1.165) is 22.3 Å².